The first-order valence-corrected chi connectivity index (χ1v) is 7.79. The Labute approximate surface area is 120 Å². The fourth-order valence-corrected chi connectivity index (χ4v) is 3.10. The van der Waals surface area contributed by atoms with E-state index in [1.807, 2.05) is 23.0 Å². The Hall–Kier alpha value is -1.40. The summed E-state index contributed by atoms with van der Waals surface area (Å²) in [6.07, 6.45) is 2.00. The minimum atomic E-state index is -0.292. The summed E-state index contributed by atoms with van der Waals surface area (Å²) in [6.45, 7) is 4.30. The highest BCUT2D eigenvalue weighted by atomic mass is 32.2. The molecule has 0 atom stereocenters. The molecule has 0 aliphatic carbocycles. The Balaban J connectivity index is 2.15. The lowest BCUT2D eigenvalue weighted by atomic mass is 10.2. The van der Waals surface area contributed by atoms with Gasteiger partial charge in [-0.1, -0.05) is 6.92 Å². The standard InChI is InChI=1S/C13H15N2O2S2/c1-3-17-13(16)10-5-7-11(8-6-10)15-9-12(18-4-2)19-14-15/h5-9H,3-4H2,1-2H3/q+1. The molecule has 100 valence electrons. The van der Waals surface area contributed by atoms with Gasteiger partial charge in [-0.05, 0) is 29.5 Å². The molecule has 19 heavy (non-hydrogen) atoms. The molecule has 2 aromatic rings. The molecule has 6 heteroatoms. The van der Waals surface area contributed by atoms with Crippen LogP contribution in [0.2, 0.25) is 0 Å². The molecular weight excluding hydrogens is 280 g/mol. The average molecular weight is 295 g/mol. The van der Waals surface area contributed by atoms with Crippen molar-refractivity contribution in [2.45, 2.75) is 18.1 Å². The van der Waals surface area contributed by atoms with Crippen molar-refractivity contribution in [3.63, 3.8) is 0 Å². The molecular formula is C13H15N2O2S2+. The van der Waals surface area contributed by atoms with Gasteiger partial charge in [0.25, 0.3) is 0 Å². The quantitative estimate of drug-likeness (QED) is 0.483. The van der Waals surface area contributed by atoms with Gasteiger partial charge < -0.3 is 4.74 Å². The van der Waals surface area contributed by atoms with Crippen LogP contribution in [-0.2, 0) is 4.74 Å². The molecule has 0 radical (unpaired) electrons. The number of thioether (sulfide) groups is 1. The van der Waals surface area contributed by atoms with E-state index in [0.29, 0.717) is 12.2 Å². The van der Waals surface area contributed by atoms with E-state index >= 15 is 0 Å². The normalized spacial score (nSPS) is 10.4. The van der Waals surface area contributed by atoms with Crippen LogP contribution in [-0.4, -0.2) is 22.8 Å². The molecule has 0 fully saturated rings. The Bertz CT molecular complexity index is 552. The van der Waals surface area contributed by atoms with Crippen molar-refractivity contribution >= 4 is 29.3 Å². The molecule has 2 rings (SSSR count). The predicted octanol–water partition coefficient (Wildman–Crippen LogP) is 2.71. The topological polar surface area (TPSA) is 43.1 Å². The molecule has 1 aromatic carbocycles. The number of nitrogens with zero attached hydrogens (tertiary/aromatic N) is 2. The highest BCUT2D eigenvalue weighted by molar-refractivity contribution is 8.01. The van der Waals surface area contributed by atoms with Gasteiger partial charge in [0.05, 0.1) is 16.7 Å². The van der Waals surface area contributed by atoms with Crippen LogP contribution in [0.25, 0.3) is 5.69 Å². The number of ether oxygens (including phenoxy) is 1. The molecule has 0 spiro atoms. The second-order valence-corrected chi connectivity index (χ2v) is 6.02. The maximum absolute atomic E-state index is 11.5. The number of carbonyl (C=O) groups is 1. The molecule has 0 amide bonds. The van der Waals surface area contributed by atoms with Crippen molar-refractivity contribution in [3.05, 3.63) is 36.0 Å². The average Bonchev–Trinajstić information content (AvgIpc) is 2.88. The van der Waals surface area contributed by atoms with E-state index < -0.39 is 0 Å². The van der Waals surface area contributed by atoms with Crippen molar-refractivity contribution in [2.24, 2.45) is 0 Å². The summed E-state index contributed by atoms with van der Waals surface area (Å²) in [5.74, 6) is 0.740. The van der Waals surface area contributed by atoms with Gasteiger partial charge >= 0.3 is 5.97 Å². The summed E-state index contributed by atoms with van der Waals surface area (Å²) in [7, 11) is 0. The van der Waals surface area contributed by atoms with Crippen molar-refractivity contribution in [1.82, 2.24) is 4.49 Å². The van der Waals surface area contributed by atoms with Gasteiger partial charge in [-0.2, -0.15) is 0 Å². The Kier molecular flexibility index (Phi) is 4.93. The van der Waals surface area contributed by atoms with E-state index in [0.717, 1.165) is 11.4 Å². The van der Waals surface area contributed by atoms with Gasteiger partial charge in [-0.15, -0.1) is 11.8 Å². The number of benzene rings is 1. The minimum absolute atomic E-state index is 0.292. The van der Waals surface area contributed by atoms with Crippen LogP contribution in [0.4, 0.5) is 0 Å². The maximum Gasteiger partial charge on any atom is 0.338 e. The third-order valence-electron chi connectivity index (χ3n) is 2.38. The van der Waals surface area contributed by atoms with E-state index in [9.17, 15) is 4.79 Å². The van der Waals surface area contributed by atoms with E-state index in [1.165, 1.54) is 15.7 Å². The highest BCUT2D eigenvalue weighted by Gasteiger charge is 2.14. The minimum Gasteiger partial charge on any atom is -0.462 e. The van der Waals surface area contributed by atoms with Crippen LogP contribution in [0.1, 0.15) is 24.2 Å². The van der Waals surface area contributed by atoms with Crippen molar-refractivity contribution in [2.75, 3.05) is 12.4 Å². The largest absolute Gasteiger partial charge is 0.462 e. The number of hydrogen-bond acceptors (Lipinski definition) is 5. The first-order valence-electron chi connectivity index (χ1n) is 6.03. The fourth-order valence-electron chi connectivity index (χ4n) is 1.52. The smallest absolute Gasteiger partial charge is 0.338 e. The molecule has 0 aliphatic heterocycles. The van der Waals surface area contributed by atoms with Crippen molar-refractivity contribution in [1.29, 1.82) is 0 Å². The number of rotatable bonds is 5. The van der Waals surface area contributed by atoms with Gasteiger partial charge in [0.15, 0.2) is 4.21 Å². The second-order valence-electron chi connectivity index (χ2n) is 3.67. The van der Waals surface area contributed by atoms with Crippen LogP contribution < -0.4 is 4.68 Å². The molecule has 1 aromatic heterocycles. The number of aromatic nitrogens is 2. The highest BCUT2D eigenvalue weighted by Crippen LogP contribution is 2.19. The number of esters is 1. The Morgan fingerprint density at radius 2 is 2.11 bits per heavy atom. The van der Waals surface area contributed by atoms with E-state index in [4.69, 9.17) is 4.74 Å². The van der Waals surface area contributed by atoms with Crippen molar-refractivity contribution in [3.8, 4) is 5.69 Å². The Morgan fingerprint density at radius 1 is 1.37 bits per heavy atom. The lowest BCUT2D eigenvalue weighted by Crippen LogP contribution is -2.30. The number of hydrogen-bond donors (Lipinski definition) is 0. The molecule has 0 bridgehead atoms. The molecule has 1 heterocycles. The van der Waals surface area contributed by atoms with Gasteiger partial charge in [0, 0.05) is 23.7 Å². The van der Waals surface area contributed by atoms with E-state index in [1.54, 1.807) is 30.8 Å². The number of carbonyl (C=O) groups excluding carboxylic acids is 1. The Morgan fingerprint density at radius 3 is 2.74 bits per heavy atom. The summed E-state index contributed by atoms with van der Waals surface area (Å²) in [5, 5.41) is 0. The van der Waals surface area contributed by atoms with Crippen molar-refractivity contribution < 1.29 is 14.2 Å². The van der Waals surface area contributed by atoms with Gasteiger partial charge in [0.2, 0.25) is 11.9 Å². The summed E-state index contributed by atoms with van der Waals surface area (Å²) in [6, 6.07) is 7.25. The van der Waals surface area contributed by atoms with Crippen LogP contribution >= 0.6 is 23.3 Å². The first kappa shape index (κ1) is 14.0. The van der Waals surface area contributed by atoms with Crippen LogP contribution in [0.3, 0.4) is 0 Å². The molecule has 0 N–H and O–H groups in total. The lowest BCUT2D eigenvalue weighted by Gasteiger charge is -2.00. The maximum atomic E-state index is 11.5. The molecule has 0 aliphatic rings. The fraction of sp³-hybridized carbons (Fsp3) is 0.308. The van der Waals surface area contributed by atoms with E-state index in [2.05, 4.69) is 11.4 Å². The summed E-state index contributed by atoms with van der Waals surface area (Å²) < 4.78 is 12.3. The summed E-state index contributed by atoms with van der Waals surface area (Å²) >= 11 is 3.24. The summed E-state index contributed by atoms with van der Waals surface area (Å²) in [5.41, 5.74) is 1.50. The zero-order valence-corrected chi connectivity index (χ0v) is 12.5. The molecule has 4 nitrogen and oxygen atoms in total. The zero-order valence-electron chi connectivity index (χ0n) is 10.8. The van der Waals surface area contributed by atoms with Gasteiger partial charge in [-0.3, -0.25) is 0 Å². The monoisotopic (exact) mass is 295 g/mol. The van der Waals surface area contributed by atoms with Gasteiger partial charge in [-0.25, -0.2) is 4.79 Å². The predicted molar refractivity (Wildman–Crippen MR) is 76.0 cm³/mol. The summed E-state index contributed by atoms with van der Waals surface area (Å²) in [4.78, 5) is 11.5. The molecule has 0 unspecified atom stereocenters. The SMILES string of the molecule is CCOC(=O)c1ccc(-[n+]2cc(SCC)sn2)cc1. The third-order valence-corrected chi connectivity index (χ3v) is 4.17. The third kappa shape index (κ3) is 3.54. The van der Waals surface area contributed by atoms with E-state index in [-0.39, 0.29) is 5.97 Å². The van der Waals surface area contributed by atoms with Crippen LogP contribution in [0, 0.1) is 0 Å². The molecule has 0 saturated carbocycles. The molecule has 0 saturated heterocycles. The van der Waals surface area contributed by atoms with Crippen LogP contribution in [0.15, 0.2) is 34.7 Å². The van der Waals surface area contributed by atoms with Gasteiger partial charge in [0.1, 0.15) is 0 Å². The lowest BCUT2D eigenvalue weighted by molar-refractivity contribution is -0.652. The van der Waals surface area contributed by atoms with Crippen LogP contribution in [0.5, 0.6) is 0 Å². The second kappa shape index (κ2) is 6.68. The zero-order chi connectivity index (χ0) is 13.7. The first-order chi connectivity index (χ1) is 9.24.